The van der Waals surface area contributed by atoms with E-state index in [2.05, 4.69) is 11.3 Å². The Bertz CT molecular complexity index is 192. The molecule has 0 aromatic rings. The average Bonchev–Trinajstić information content (AvgIpc) is 2.07. The molecule has 0 radical (unpaired) electrons. The molecule has 0 fully saturated rings. The zero-order valence-electron chi connectivity index (χ0n) is 8.94. The predicted molar refractivity (Wildman–Crippen MR) is 53.5 cm³/mol. The molecule has 0 aromatic heterocycles. The highest BCUT2D eigenvalue weighted by molar-refractivity contribution is 4.88. The van der Waals surface area contributed by atoms with E-state index in [1.165, 1.54) is 0 Å². The first-order valence-electron chi connectivity index (χ1n) is 4.85. The van der Waals surface area contributed by atoms with Gasteiger partial charge in [-0.05, 0) is 26.2 Å². The van der Waals surface area contributed by atoms with Gasteiger partial charge < -0.3 is 10.5 Å². The van der Waals surface area contributed by atoms with Crippen molar-refractivity contribution in [3.05, 3.63) is 12.2 Å². The zero-order valence-corrected chi connectivity index (χ0v) is 8.94. The first-order chi connectivity index (χ1) is 6.81. The Hall–Kier alpha value is -0.550. The molecular formula is C10H18F3NO. The molecule has 1 unspecified atom stereocenters. The molecule has 0 spiro atoms. The van der Waals surface area contributed by atoms with Crippen LogP contribution in [0.15, 0.2) is 12.2 Å². The Kier molecular flexibility index (Phi) is 6.60. The van der Waals surface area contributed by atoms with Crippen LogP contribution in [-0.2, 0) is 4.74 Å². The van der Waals surface area contributed by atoms with Gasteiger partial charge in [-0.1, -0.05) is 5.57 Å². The summed E-state index contributed by atoms with van der Waals surface area (Å²) in [5, 5.41) is 0. The summed E-state index contributed by atoms with van der Waals surface area (Å²) in [7, 11) is 0. The van der Waals surface area contributed by atoms with E-state index in [1.54, 1.807) is 0 Å². The fourth-order valence-corrected chi connectivity index (χ4v) is 0.999. The quantitative estimate of drug-likeness (QED) is 0.534. The normalized spacial score (nSPS) is 13.9. The maximum Gasteiger partial charge on any atom is 0.411 e. The van der Waals surface area contributed by atoms with Crippen molar-refractivity contribution in [3.8, 4) is 0 Å². The summed E-state index contributed by atoms with van der Waals surface area (Å²) in [4.78, 5) is 0. The minimum absolute atomic E-state index is 0.0524. The number of rotatable bonds is 7. The number of allylic oxidation sites excluding steroid dienone is 1. The molecule has 90 valence electrons. The third-order valence-corrected chi connectivity index (χ3v) is 1.84. The molecule has 1 atom stereocenters. The Morgan fingerprint density at radius 2 is 2.00 bits per heavy atom. The van der Waals surface area contributed by atoms with Crippen molar-refractivity contribution in [2.45, 2.75) is 38.4 Å². The minimum Gasteiger partial charge on any atom is -0.372 e. The van der Waals surface area contributed by atoms with Crippen molar-refractivity contribution in [1.29, 1.82) is 0 Å². The highest BCUT2D eigenvalue weighted by atomic mass is 19.4. The van der Waals surface area contributed by atoms with Gasteiger partial charge in [0.05, 0.1) is 0 Å². The summed E-state index contributed by atoms with van der Waals surface area (Å²) in [6.07, 6.45) is -2.25. The predicted octanol–water partition coefficient (Wildman–Crippen LogP) is 2.64. The minimum atomic E-state index is -4.25. The van der Waals surface area contributed by atoms with Gasteiger partial charge in [0.25, 0.3) is 0 Å². The second-order valence-corrected chi connectivity index (χ2v) is 3.71. The largest absolute Gasteiger partial charge is 0.411 e. The number of hydrogen-bond acceptors (Lipinski definition) is 2. The van der Waals surface area contributed by atoms with E-state index in [9.17, 15) is 13.2 Å². The van der Waals surface area contributed by atoms with Gasteiger partial charge in [0.15, 0.2) is 0 Å². The molecule has 0 aliphatic carbocycles. The number of nitrogens with two attached hydrogens (primary N) is 1. The van der Waals surface area contributed by atoms with E-state index >= 15 is 0 Å². The van der Waals surface area contributed by atoms with Gasteiger partial charge >= 0.3 is 6.18 Å². The number of hydrogen-bond donors (Lipinski definition) is 1. The summed E-state index contributed by atoms with van der Waals surface area (Å²) in [6, 6.07) is -0.116. The van der Waals surface area contributed by atoms with Gasteiger partial charge in [-0.2, -0.15) is 13.2 Å². The van der Waals surface area contributed by atoms with E-state index in [1.807, 2.05) is 6.92 Å². The summed E-state index contributed by atoms with van der Waals surface area (Å²) in [5.41, 5.74) is 6.70. The Balaban J connectivity index is 3.39. The molecule has 0 aromatic carbocycles. The lowest BCUT2D eigenvalue weighted by Gasteiger charge is -2.12. The van der Waals surface area contributed by atoms with Crippen LogP contribution < -0.4 is 5.73 Å². The molecule has 5 heteroatoms. The SMILES string of the molecule is C=C(C)CCC(N)CCOCC(F)(F)F. The molecule has 15 heavy (non-hydrogen) atoms. The van der Waals surface area contributed by atoms with Crippen LogP contribution in [0.5, 0.6) is 0 Å². The van der Waals surface area contributed by atoms with Gasteiger partial charge in [0, 0.05) is 12.6 Å². The van der Waals surface area contributed by atoms with Gasteiger partial charge in [-0.15, -0.1) is 6.58 Å². The van der Waals surface area contributed by atoms with Crippen molar-refractivity contribution in [2.24, 2.45) is 5.73 Å². The van der Waals surface area contributed by atoms with Crippen LogP contribution in [0.25, 0.3) is 0 Å². The third-order valence-electron chi connectivity index (χ3n) is 1.84. The van der Waals surface area contributed by atoms with Crippen LogP contribution >= 0.6 is 0 Å². The van der Waals surface area contributed by atoms with Crippen LogP contribution in [0.4, 0.5) is 13.2 Å². The van der Waals surface area contributed by atoms with Crippen molar-refractivity contribution in [3.63, 3.8) is 0 Å². The molecule has 0 bridgehead atoms. The number of halogens is 3. The van der Waals surface area contributed by atoms with E-state index in [0.29, 0.717) is 6.42 Å². The van der Waals surface area contributed by atoms with Gasteiger partial charge in [0.1, 0.15) is 6.61 Å². The average molecular weight is 225 g/mol. The molecule has 0 saturated heterocycles. The van der Waals surface area contributed by atoms with E-state index in [4.69, 9.17) is 5.73 Å². The standard InChI is InChI=1S/C10H18F3NO/c1-8(2)3-4-9(14)5-6-15-7-10(11,12)13/h9H,1,3-7,14H2,2H3. The highest BCUT2D eigenvalue weighted by Gasteiger charge is 2.27. The van der Waals surface area contributed by atoms with E-state index in [0.717, 1.165) is 18.4 Å². The number of ether oxygens (including phenoxy) is 1. The second-order valence-electron chi connectivity index (χ2n) is 3.71. The van der Waals surface area contributed by atoms with Crippen LogP contribution in [0.1, 0.15) is 26.2 Å². The summed E-state index contributed by atoms with van der Waals surface area (Å²) in [6.45, 7) is 4.47. The number of alkyl halides is 3. The smallest absolute Gasteiger partial charge is 0.372 e. The second kappa shape index (κ2) is 6.85. The first kappa shape index (κ1) is 14.5. The molecule has 2 N–H and O–H groups in total. The van der Waals surface area contributed by atoms with Gasteiger partial charge in [0.2, 0.25) is 0 Å². The maximum atomic E-state index is 11.7. The van der Waals surface area contributed by atoms with Crippen LogP contribution in [0, 0.1) is 0 Å². The van der Waals surface area contributed by atoms with Crippen LogP contribution in [0.2, 0.25) is 0 Å². The molecule has 0 aliphatic rings. The first-order valence-corrected chi connectivity index (χ1v) is 4.85. The van der Waals surface area contributed by atoms with Crippen molar-refractivity contribution < 1.29 is 17.9 Å². The Morgan fingerprint density at radius 1 is 1.40 bits per heavy atom. The maximum absolute atomic E-state index is 11.7. The summed E-state index contributed by atoms with van der Waals surface area (Å²) >= 11 is 0. The van der Waals surface area contributed by atoms with Crippen molar-refractivity contribution in [2.75, 3.05) is 13.2 Å². The lowest BCUT2D eigenvalue weighted by Crippen LogP contribution is -2.24. The molecule has 0 heterocycles. The fraction of sp³-hybridized carbons (Fsp3) is 0.800. The zero-order chi connectivity index (χ0) is 11.9. The van der Waals surface area contributed by atoms with Crippen LogP contribution in [-0.4, -0.2) is 25.4 Å². The van der Waals surface area contributed by atoms with Gasteiger partial charge in [-0.3, -0.25) is 0 Å². The molecule has 0 aliphatic heterocycles. The topological polar surface area (TPSA) is 35.2 Å². The molecule has 0 amide bonds. The molecule has 2 nitrogen and oxygen atoms in total. The highest BCUT2D eigenvalue weighted by Crippen LogP contribution is 2.14. The summed E-state index contributed by atoms with van der Waals surface area (Å²) < 4.78 is 39.4. The van der Waals surface area contributed by atoms with Gasteiger partial charge in [-0.25, -0.2) is 0 Å². The van der Waals surface area contributed by atoms with Crippen LogP contribution in [0.3, 0.4) is 0 Å². The van der Waals surface area contributed by atoms with Crippen molar-refractivity contribution in [1.82, 2.24) is 0 Å². The van der Waals surface area contributed by atoms with Crippen molar-refractivity contribution >= 4 is 0 Å². The Labute approximate surface area is 88.3 Å². The lowest BCUT2D eigenvalue weighted by molar-refractivity contribution is -0.174. The van der Waals surface area contributed by atoms with E-state index in [-0.39, 0.29) is 12.6 Å². The monoisotopic (exact) mass is 225 g/mol. The molecule has 0 rings (SSSR count). The van der Waals surface area contributed by atoms with E-state index < -0.39 is 12.8 Å². The molecule has 0 saturated carbocycles. The Morgan fingerprint density at radius 3 is 2.47 bits per heavy atom. The lowest BCUT2D eigenvalue weighted by atomic mass is 10.1. The molecular weight excluding hydrogens is 207 g/mol. The summed E-state index contributed by atoms with van der Waals surface area (Å²) in [5.74, 6) is 0. The third kappa shape index (κ3) is 11.4. The fourth-order valence-electron chi connectivity index (χ4n) is 0.999.